The Hall–Kier alpha value is 0.748. The van der Waals surface area contributed by atoms with Gasteiger partial charge in [0.1, 0.15) is 10.5 Å². The average Bonchev–Trinajstić information content (AvgIpc) is 3.40. The first-order valence-electron chi connectivity index (χ1n) is 12.4. The van der Waals surface area contributed by atoms with Crippen molar-refractivity contribution in [3.8, 4) is 0 Å². The van der Waals surface area contributed by atoms with E-state index in [9.17, 15) is 0 Å². The van der Waals surface area contributed by atoms with Crippen LogP contribution in [0.25, 0.3) is 0 Å². The van der Waals surface area contributed by atoms with Gasteiger partial charge in [-0.1, -0.05) is 44.9 Å². The van der Waals surface area contributed by atoms with Crippen LogP contribution in [0.4, 0.5) is 0 Å². The molecule has 3 nitrogen and oxygen atoms in total. The maximum Gasteiger partial charge on any atom is 0.173 e. The van der Waals surface area contributed by atoms with Gasteiger partial charge in [-0.05, 0) is 82.6 Å². The van der Waals surface area contributed by atoms with E-state index in [-0.39, 0.29) is 0 Å². The minimum absolute atomic E-state index is 0.625. The van der Waals surface area contributed by atoms with Gasteiger partial charge in [-0.15, -0.1) is 0 Å². The van der Waals surface area contributed by atoms with E-state index in [0.29, 0.717) is 12.2 Å². The number of hydrogen-bond donors (Lipinski definition) is 0. The van der Waals surface area contributed by atoms with Crippen molar-refractivity contribution in [3.05, 3.63) is 0 Å². The highest BCUT2D eigenvalue weighted by Crippen LogP contribution is 2.41. The predicted octanol–water partition coefficient (Wildman–Crippen LogP) is 6.21. The van der Waals surface area contributed by atoms with Crippen molar-refractivity contribution < 1.29 is 13.0 Å². The zero-order valence-electron chi connectivity index (χ0n) is 20.6. The molecule has 172 valence electrons. The van der Waals surface area contributed by atoms with Crippen molar-refractivity contribution in [2.75, 3.05) is 0 Å². The van der Waals surface area contributed by atoms with Gasteiger partial charge in [0.05, 0.1) is 12.2 Å². The molecule has 0 aromatic carbocycles. The van der Waals surface area contributed by atoms with Gasteiger partial charge >= 0.3 is 0 Å². The Morgan fingerprint density at radius 2 is 1.28 bits per heavy atom. The third kappa shape index (κ3) is 10.7. The summed E-state index contributed by atoms with van der Waals surface area (Å²) in [5.74, 6) is 0.901. The van der Waals surface area contributed by atoms with E-state index >= 15 is 0 Å². The molecule has 2 fully saturated rings. The van der Waals surface area contributed by atoms with E-state index in [2.05, 4.69) is 39.3 Å². The molecule has 0 amide bonds. The summed E-state index contributed by atoms with van der Waals surface area (Å²) < 4.78 is 18.4. The largest absolute Gasteiger partial charge is 0.463 e. The summed E-state index contributed by atoms with van der Waals surface area (Å²) in [5, 5.41) is 0. The van der Waals surface area contributed by atoms with Crippen LogP contribution in [0.3, 0.4) is 0 Å². The molecular formula is C22H50O3Si4. The topological polar surface area (TPSA) is 31.0 Å². The van der Waals surface area contributed by atoms with Gasteiger partial charge in [0, 0.05) is 0 Å². The molecule has 3 unspecified atom stereocenters. The normalized spacial score (nSPS) is 25.2. The van der Waals surface area contributed by atoms with E-state index < -0.39 is 25.0 Å². The third-order valence-electron chi connectivity index (χ3n) is 7.18. The molecule has 29 heavy (non-hydrogen) atoms. The van der Waals surface area contributed by atoms with E-state index in [1.54, 1.807) is 0 Å². The molecule has 0 spiro atoms. The number of ether oxygens (including phenoxy) is 1. The van der Waals surface area contributed by atoms with E-state index in [1.165, 1.54) is 82.3 Å². The molecule has 0 N–H and O–H groups in total. The van der Waals surface area contributed by atoms with Crippen LogP contribution in [0.2, 0.25) is 57.4 Å². The maximum absolute atomic E-state index is 6.89. The van der Waals surface area contributed by atoms with Gasteiger partial charge in [-0.2, -0.15) is 0 Å². The molecule has 2 rings (SSSR count). The van der Waals surface area contributed by atoms with Crippen LogP contribution in [-0.4, -0.2) is 47.6 Å². The second-order valence-corrected chi connectivity index (χ2v) is 26.1. The molecule has 7 heteroatoms. The summed E-state index contributed by atoms with van der Waals surface area (Å²) in [6, 6.07) is 4.03. The molecule has 1 aliphatic heterocycles. The molecular weight excluding hydrogens is 425 g/mol. The zero-order chi connectivity index (χ0) is 21.5. The third-order valence-corrected chi connectivity index (χ3v) is 20.6. The van der Waals surface area contributed by atoms with Crippen LogP contribution in [0.1, 0.15) is 64.2 Å². The molecule has 1 aliphatic carbocycles. The smallest absolute Gasteiger partial charge is 0.173 e. The fourth-order valence-electron chi connectivity index (χ4n) is 5.06. The van der Waals surface area contributed by atoms with Crippen LogP contribution < -0.4 is 0 Å². The highest BCUT2D eigenvalue weighted by molar-refractivity contribution is 6.84. The predicted molar refractivity (Wildman–Crippen MR) is 137 cm³/mol. The van der Waals surface area contributed by atoms with Gasteiger partial charge in [0.2, 0.25) is 0 Å². The molecule has 0 aromatic rings. The molecule has 3 atom stereocenters. The minimum atomic E-state index is -1.52. The summed E-state index contributed by atoms with van der Waals surface area (Å²) >= 11 is 0. The highest BCUT2D eigenvalue weighted by Gasteiger charge is 2.44. The number of epoxide rings is 1. The Balaban J connectivity index is 1.52. The summed E-state index contributed by atoms with van der Waals surface area (Å²) in [6.07, 6.45) is 15.0. The van der Waals surface area contributed by atoms with Crippen LogP contribution in [-0.2, 0) is 13.0 Å². The molecule has 0 aromatic heterocycles. The zero-order valence-corrected chi connectivity index (χ0v) is 25.6. The van der Waals surface area contributed by atoms with Crippen molar-refractivity contribution in [2.24, 2.45) is 5.92 Å². The van der Waals surface area contributed by atoms with Gasteiger partial charge in [-0.3, -0.25) is 0 Å². The fourth-order valence-corrected chi connectivity index (χ4v) is 16.0. The van der Waals surface area contributed by atoms with Gasteiger partial charge in [0.15, 0.2) is 25.0 Å². The maximum atomic E-state index is 6.89. The van der Waals surface area contributed by atoms with E-state index in [0.717, 1.165) is 16.4 Å². The lowest BCUT2D eigenvalue weighted by Gasteiger charge is -2.35. The van der Waals surface area contributed by atoms with Crippen molar-refractivity contribution in [1.29, 1.82) is 0 Å². The first kappa shape index (κ1) is 26.0. The molecule has 1 heterocycles. The number of rotatable bonds is 15. The summed E-state index contributed by atoms with van der Waals surface area (Å²) in [7, 11) is -3.39. The summed E-state index contributed by atoms with van der Waals surface area (Å²) in [4.78, 5) is 0. The monoisotopic (exact) mass is 474 g/mol. The van der Waals surface area contributed by atoms with Crippen molar-refractivity contribution in [2.45, 2.75) is 134 Å². The molecule has 1 saturated carbocycles. The summed E-state index contributed by atoms with van der Waals surface area (Å²) in [5.41, 5.74) is 0. The fraction of sp³-hybridized carbons (Fsp3) is 1.00. The van der Waals surface area contributed by atoms with Crippen LogP contribution >= 0.6 is 0 Å². The lowest BCUT2D eigenvalue weighted by Crippen LogP contribution is -2.44. The second kappa shape index (κ2) is 11.6. The highest BCUT2D eigenvalue weighted by atomic mass is 28.4. The van der Waals surface area contributed by atoms with Crippen molar-refractivity contribution in [1.82, 2.24) is 0 Å². The Morgan fingerprint density at radius 3 is 1.86 bits per heavy atom. The average molecular weight is 475 g/mol. The lowest BCUT2D eigenvalue weighted by atomic mass is 9.88. The molecule has 1 saturated heterocycles. The van der Waals surface area contributed by atoms with Gasteiger partial charge < -0.3 is 13.0 Å². The standard InChI is InChI=1S/C22H50O3Si4/c1-27(2,24-26)16-11-9-7-8-10-12-17-28(3,4)25-29(5,6)18-15-20-13-14-21-22(19-20)23-21/h20-22H,7-19H2,1-6,26H3. The van der Waals surface area contributed by atoms with Crippen molar-refractivity contribution >= 4 is 35.4 Å². The molecule has 2 aliphatic rings. The van der Waals surface area contributed by atoms with Crippen molar-refractivity contribution in [3.63, 3.8) is 0 Å². The van der Waals surface area contributed by atoms with E-state index in [4.69, 9.17) is 13.0 Å². The lowest BCUT2D eigenvalue weighted by molar-refractivity contribution is 0.355. The first-order chi connectivity index (χ1) is 13.5. The van der Waals surface area contributed by atoms with Gasteiger partial charge in [-0.25, -0.2) is 0 Å². The Labute approximate surface area is 188 Å². The number of fused-ring (bicyclic) bond motifs is 1. The molecule has 0 radical (unpaired) electrons. The Kier molecular flexibility index (Phi) is 10.4. The summed E-state index contributed by atoms with van der Waals surface area (Å²) in [6.45, 7) is 14.6. The van der Waals surface area contributed by atoms with Crippen LogP contribution in [0.15, 0.2) is 0 Å². The minimum Gasteiger partial charge on any atom is -0.463 e. The second-order valence-electron chi connectivity index (χ2n) is 11.6. The quantitative estimate of drug-likeness (QED) is 0.160. The SMILES string of the molecule is C[Si](C)(CCCCCCCC[Si](C)(C)O[Si](C)(C)CCC1CCC2OC2C1)O[SiH3]. The van der Waals surface area contributed by atoms with Crippen LogP contribution in [0.5, 0.6) is 0 Å². The van der Waals surface area contributed by atoms with E-state index in [1.807, 2.05) is 0 Å². The number of unbranched alkanes of at least 4 members (excludes halogenated alkanes) is 5. The number of hydrogen-bond acceptors (Lipinski definition) is 3. The first-order valence-corrected chi connectivity index (χ1v) is 22.6. The van der Waals surface area contributed by atoms with Crippen LogP contribution in [0, 0.1) is 5.92 Å². The molecule has 0 bridgehead atoms. The Bertz CT molecular complexity index is 485. The van der Waals surface area contributed by atoms with Gasteiger partial charge in [0.25, 0.3) is 0 Å². The Morgan fingerprint density at radius 1 is 0.724 bits per heavy atom.